The van der Waals surface area contributed by atoms with Crippen molar-refractivity contribution >= 4 is 21.8 Å². The zero-order chi connectivity index (χ0) is 25.8. The Labute approximate surface area is 220 Å². The largest absolute Gasteiger partial charge is 0.309 e. The van der Waals surface area contributed by atoms with Gasteiger partial charge in [-0.25, -0.2) is 0 Å². The van der Waals surface area contributed by atoms with Crippen molar-refractivity contribution in [2.24, 2.45) is 0 Å². The van der Waals surface area contributed by atoms with Gasteiger partial charge in [0, 0.05) is 16.5 Å². The molecule has 1 aromatic heterocycles. The molecule has 0 fully saturated rings. The summed E-state index contributed by atoms with van der Waals surface area (Å²) in [5.41, 5.74) is 16.9. The zero-order valence-electron chi connectivity index (χ0n) is 22.6. The molecule has 0 unspecified atom stereocenters. The van der Waals surface area contributed by atoms with Gasteiger partial charge in [-0.1, -0.05) is 65.7 Å². The Kier molecular flexibility index (Phi) is 5.53. The quantitative estimate of drug-likeness (QED) is 0.238. The second-order valence-electron chi connectivity index (χ2n) is 10.7. The van der Waals surface area contributed by atoms with Crippen LogP contribution < -0.4 is 0 Å². The number of hydrogen-bond donors (Lipinski definition) is 0. The van der Waals surface area contributed by atoms with Crippen LogP contribution in [0.2, 0.25) is 0 Å². The number of nitrogens with zero attached hydrogens (tertiary/aromatic N) is 1. The van der Waals surface area contributed by atoms with E-state index in [-0.39, 0.29) is 0 Å². The summed E-state index contributed by atoms with van der Waals surface area (Å²) in [4.78, 5) is 0. The van der Waals surface area contributed by atoms with Gasteiger partial charge in [-0.3, -0.25) is 0 Å². The van der Waals surface area contributed by atoms with Crippen molar-refractivity contribution in [2.45, 2.75) is 41.5 Å². The lowest BCUT2D eigenvalue weighted by atomic mass is 9.91. The fourth-order valence-corrected chi connectivity index (χ4v) is 6.46. The summed E-state index contributed by atoms with van der Waals surface area (Å²) < 4.78 is 2.40. The summed E-state index contributed by atoms with van der Waals surface area (Å²) in [5, 5.41) is 2.58. The third-order valence-corrected chi connectivity index (χ3v) is 7.71. The Morgan fingerprint density at radius 3 is 1.24 bits per heavy atom. The van der Waals surface area contributed by atoms with Gasteiger partial charge in [0.2, 0.25) is 0 Å². The van der Waals surface area contributed by atoms with E-state index < -0.39 is 0 Å². The number of para-hydroxylation sites is 1. The molecule has 0 N–H and O–H groups in total. The van der Waals surface area contributed by atoms with Crippen molar-refractivity contribution in [3.8, 4) is 27.9 Å². The SMILES string of the molecule is Cc1cc(C)c(-c2ccc3c(c2)c2cc(-c4c(C)cc(C)cc4C)ccc2n3-c2ccccc2)c(C)c1. The fourth-order valence-electron chi connectivity index (χ4n) is 6.46. The lowest BCUT2D eigenvalue weighted by Crippen LogP contribution is -1.94. The highest BCUT2D eigenvalue weighted by molar-refractivity contribution is 6.11. The maximum Gasteiger partial charge on any atom is 0.0541 e. The van der Waals surface area contributed by atoms with E-state index in [9.17, 15) is 0 Å². The first-order valence-corrected chi connectivity index (χ1v) is 13.1. The van der Waals surface area contributed by atoms with E-state index in [2.05, 4.69) is 137 Å². The third kappa shape index (κ3) is 3.86. The summed E-state index contributed by atoms with van der Waals surface area (Å²) >= 11 is 0. The van der Waals surface area contributed by atoms with Gasteiger partial charge in [0.25, 0.3) is 0 Å². The predicted octanol–water partition coefficient (Wildman–Crippen LogP) is 9.97. The Bertz CT molecular complexity index is 1650. The van der Waals surface area contributed by atoms with Gasteiger partial charge in [0.05, 0.1) is 11.0 Å². The number of rotatable bonds is 3. The molecule has 6 aromatic rings. The molecule has 1 heteroatoms. The van der Waals surface area contributed by atoms with Gasteiger partial charge in [0.1, 0.15) is 0 Å². The smallest absolute Gasteiger partial charge is 0.0541 e. The molecule has 0 atom stereocenters. The van der Waals surface area contributed by atoms with E-state index in [1.165, 1.54) is 83.1 Å². The van der Waals surface area contributed by atoms with Crippen molar-refractivity contribution in [2.75, 3.05) is 0 Å². The van der Waals surface area contributed by atoms with Crippen molar-refractivity contribution in [3.63, 3.8) is 0 Å². The van der Waals surface area contributed by atoms with E-state index in [0.29, 0.717) is 0 Å². The standard InChI is InChI=1S/C36H33N/c1-22-16-24(3)35(25(4)17-22)28-12-14-33-31(20-28)32-21-29(36-26(5)18-23(2)19-27(36)6)13-15-34(32)37(33)30-10-8-7-9-11-30/h7-21H,1-6H3. The zero-order valence-corrected chi connectivity index (χ0v) is 22.6. The molecule has 37 heavy (non-hydrogen) atoms. The summed E-state index contributed by atoms with van der Waals surface area (Å²) in [6, 6.07) is 33.9. The maximum atomic E-state index is 2.40. The van der Waals surface area contributed by atoms with Crippen LogP contribution in [0.25, 0.3) is 49.7 Å². The first-order valence-electron chi connectivity index (χ1n) is 13.1. The van der Waals surface area contributed by atoms with Crippen LogP contribution in [-0.4, -0.2) is 4.57 Å². The highest BCUT2D eigenvalue weighted by atomic mass is 15.0. The Morgan fingerprint density at radius 2 is 0.838 bits per heavy atom. The molecule has 1 heterocycles. The maximum absolute atomic E-state index is 2.40. The van der Waals surface area contributed by atoms with Crippen molar-refractivity contribution in [3.05, 3.63) is 124 Å². The second kappa shape index (κ2) is 8.78. The number of aryl methyl sites for hydroxylation is 6. The normalized spacial score (nSPS) is 11.5. The molecule has 1 nitrogen and oxygen atoms in total. The molecule has 6 rings (SSSR count). The Morgan fingerprint density at radius 1 is 0.432 bits per heavy atom. The van der Waals surface area contributed by atoms with E-state index in [1.54, 1.807) is 0 Å². The predicted molar refractivity (Wildman–Crippen MR) is 160 cm³/mol. The van der Waals surface area contributed by atoms with Crippen LogP contribution in [0.5, 0.6) is 0 Å². The van der Waals surface area contributed by atoms with E-state index in [4.69, 9.17) is 0 Å². The van der Waals surface area contributed by atoms with Crippen molar-refractivity contribution in [1.82, 2.24) is 4.57 Å². The average Bonchev–Trinajstić information content (AvgIpc) is 3.16. The molecule has 182 valence electrons. The van der Waals surface area contributed by atoms with Crippen molar-refractivity contribution in [1.29, 1.82) is 0 Å². The minimum absolute atomic E-state index is 1.19. The Balaban J connectivity index is 1.68. The number of hydrogen-bond acceptors (Lipinski definition) is 0. The third-order valence-electron chi connectivity index (χ3n) is 7.71. The first kappa shape index (κ1) is 23.3. The topological polar surface area (TPSA) is 4.93 Å². The van der Waals surface area contributed by atoms with Crippen LogP contribution in [0, 0.1) is 41.5 Å². The molecule has 0 spiro atoms. The lowest BCUT2D eigenvalue weighted by Gasteiger charge is -2.13. The van der Waals surface area contributed by atoms with E-state index in [1.807, 2.05) is 0 Å². The number of aromatic nitrogens is 1. The Hall–Kier alpha value is -4.10. The minimum Gasteiger partial charge on any atom is -0.309 e. The minimum atomic E-state index is 1.19. The molecular formula is C36H33N. The number of benzene rings is 5. The van der Waals surface area contributed by atoms with Gasteiger partial charge in [0.15, 0.2) is 0 Å². The van der Waals surface area contributed by atoms with E-state index in [0.717, 1.165) is 0 Å². The fraction of sp³-hybridized carbons (Fsp3) is 0.167. The van der Waals surface area contributed by atoms with Gasteiger partial charge in [-0.15, -0.1) is 0 Å². The molecule has 0 radical (unpaired) electrons. The summed E-state index contributed by atoms with van der Waals surface area (Å²) in [7, 11) is 0. The lowest BCUT2D eigenvalue weighted by molar-refractivity contribution is 1.18. The monoisotopic (exact) mass is 479 g/mol. The molecule has 0 aliphatic heterocycles. The van der Waals surface area contributed by atoms with E-state index >= 15 is 0 Å². The molecule has 0 aliphatic rings. The van der Waals surface area contributed by atoms with Gasteiger partial charge in [-0.05, 0) is 122 Å². The van der Waals surface area contributed by atoms with Crippen LogP contribution in [0.1, 0.15) is 33.4 Å². The van der Waals surface area contributed by atoms with Gasteiger partial charge >= 0.3 is 0 Å². The first-order chi connectivity index (χ1) is 17.8. The second-order valence-corrected chi connectivity index (χ2v) is 10.7. The van der Waals surface area contributed by atoms with Gasteiger partial charge in [-0.2, -0.15) is 0 Å². The highest BCUT2D eigenvalue weighted by Crippen LogP contribution is 2.39. The van der Waals surface area contributed by atoms with Crippen LogP contribution >= 0.6 is 0 Å². The van der Waals surface area contributed by atoms with Crippen molar-refractivity contribution < 1.29 is 0 Å². The number of fused-ring (bicyclic) bond motifs is 3. The summed E-state index contributed by atoms with van der Waals surface area (Å²) in [6.07, 6.45) is 0. The van der Waals surface area contributed by atoms with Crippen LogP contribution in [0.4, 0.5) is 0 Å². The van der Waals surface area contributed by atoms with Crippen LogP contribution in [0.15, 0.2) is 91.0 Å². The van der Waals surface area contributed by atoms with Gasteiger partial charge < -0.3 is 4.57 Å². The summed E-state index contributed by atoms with van der Waals surface area (Å²) in [5.74, 6) is 0. The average molecular weight is 480 g/mol. The molecule has 0 saturated carbocycles. The van der Waals surface area contributed by atoms with Crippen LogP contribution in [-0.2, 0) is 0 Å². The van der Waals surface area contributed by atoms with Crippen LogP contribution in [0.3, 0.4) is 0 Å². The molecule has 0 saturated heterocycles. The molecule has 0 amide bonds. The molecule has 0 bridgehead atoms. The molecule has 5 aromatic carbocycles. The highest BCUT2D eigenvalue weighted by Gasteiger charge is 2.17. The molecular weight excluding hydrogens is 446 g/mol. The summed E-state index contributed by atoms with van der Waals surface area (Å²) in [6.45, 7) is 13.3. The molecule has 0 aliphatic carbocycles.